The van der Waals surface area contributed by atoms with E-state index in [1.54, 1.807) is 6.92 Å². The number of hydrogen-bond acceptors (Lipinski definition) is 6. The Morgan fingerprint density at radius 3 is 2.93 bits per heavy atom. The first-order chi connectivity index (χ1) is 7.15. The molecule has 0 aromatic carbocycles. The number of nitro groups is 1. The van der Waals surface area contributed by atoms with E-state index in [2.05, 4.69) is 15.3 Å². The van der Waals surface area contributed by atoms with Crippen molar-refractivity contribution >= 4 is 5.82 Å². The molecule has 2 aromatic rings. The van der Waals surface area contributed by atoms with Crippen molar-refractivity contribution in [1.82, 2.24) is 20.0 Å². The van der Waals surface area contributed by atoms with Gasteiger partial charge in [0.25, 0.3) is 0 Å². The topological polar surface area (TPSA) is 99.9 Å². The summed E-state index contributed by atoms with van der Waals surface area (Å²) in [5.41, 5.74) is 0. The average Bonchev–Trinajstić information content (AvgIpc) is 2.76. The van der Waals surface area contributed by atoms with E-state index in [0.29, 0.717) is 11.8 Å². The van der Waals surface area contributed by atoms with Crippen molar-refractivity contribution in [3.05, 3.63) is 34.2 Å². The third-order valence-electron chi connectivity index (χ3n) is 1.68. The lowest BCUT2D eigenvalue weighted by molar-refractivity contribution is -0.389. The van der Waals surface area contributed by atoms with Gasteiger partial charge < -0.3 is 14.5 Å². The zero-order chi connectivity index (χ0) is 10.8. The molecule has 0 N–H and O–H groups in total. The summed E-state index contributed by atoms with van der Waals surface area (Å²) < 4.78 is 6.47. The fraction of sp³-hybridized carbons (Fsp3) is 0.286. The molecule has 0 aliphatic heterocycles. The summed E-state index contributed by atoms with van der Waals surface area (Å²) in [6.07, 6.45) is 1.48. The highest BCUT2D eigenvalue weighted by atomic mass is 16.6. The van der Waals surface area contributed by atoms with Crippen molar-refractivity contribution in [1.29, 1.82) is 0 Å². The van der Waals surface area contributed by atoms with Crippen molar-refractivity contribution in [2.24, 2.45) is 0 Å². The molecule has 0 saturated heterocycles. The van der Waals surface area contributed by atoms with Crippen LogP contribution in [-0.2, 0) is 6.54 Å². The molecule has 0 saturated carbocycles. The molecule has 0 radical (unpaired) electrons. The molecule has 0 unspecified atom stereocenters. The van der Waals surface area contributed by atoms with Crippen LogP contribution in [0.4, 0.5) is 5.82 Å². The standard InChI is InChI=1S/C7H7N5O3/c1-5-8-9-7(15-5)4-11-3-2-6(10-11)12(13)14/h2-3H,4H2,1H3. The van der Waals surface area contributed by atoms with Gasteiger partial charge in [0.1, 0.15) is 6.54 Å². The van der Waals surface area contributed by atoms with Crippen molar-refractivity contribution in [3.63, 3.8) is 0 Å². The Hall–Kier alpha value is -2.25. The van der Waals surface area contributed by atoms with Crippen LogP contribution in [0.2, 0.25) is 0 Å². The zero-order valence-corrected chi connectivity index (χ0v) is 7.82. The SMILES string of the molecule is Cc1nnc(Cn2ccc([N+](=O)[O-])n2)o1. The number of nitrogens with zero attached hydrogens (tertiary/aromatic N) is 5. The third kappa shape index (κ3) is 1.98. The monoisotopic (exact) mass is 209 g/mol. The molecule has 2 rings (SSSR count). The minimum Gasteiger partial charge on any atom is -0.423 e. The number of aryl methyl sites for hydroxylation is 1. The molecule has 8 nitrogen and oxygen atoms in total. The van der Waals surface area contributed by atoms with Gasteiger partial charge in [0.15, 0.2) is 0 Å². The van der Waals surface area contributed by atoms with Gasteiger partial charge in [0.05, 0.1) is 17.4 Å². The minimum absolute atomic E-state index is 0.203. The fourth-order valence-corrected chi connectivity index (χ4v) is 1.08. The minimum atomic E-state index is -0.560. The van der Waals surface area contributed by atoms with E-state index in [-0.39, 0.29) is 12.4 Å². The Balaban J connectivity index is 2.14. The summed E-state index contributed by atoms with van der Waals surface area (Å²) in [7, 11) is 0. The van der Waals surface area contributed by atoms with Gasteiger partial charge in [-0.25, -0.2) is 0 Å². The lowest BCUT2D eigenvalue weighted by Gasteiger charge is -1.89. The molecule has 0 atom stereocenters. The van der Waals surface area contributed by atoms with E-state index in [9.17, 15) is 10.1 Å². The maximum Gasteiger partial charge on any atom is 0.389 e. The van der Waals surface area contributed by atoms with Gasteiger partial charge >= 0.3 is 5.82 Å². The smallest absolute Gasteiger partial charge is 0.389 e. The Kier molecular flexibility index (Phi) is 2.16. The molecule has 0 aliphatic carbocycles. The fourth-order valence-electron chi connectivity index (χ4n) is 1.08. The summed E-state index contributed by atoms with van der Waals surface area (Å²) in [6.45, 7) is 1.90. The molecule has 8 heteroatoms. The highest BCUT2D eigenvalue weighted by Crippen LogP contribution is 2.07. The van der Waals surface area contributed by atoms with E-state index in [1.165, 1.54) is 16.9 Å². The first kappa shape index (κ1) is 9.31. The summed E-state index contributed by atoms with van der Waals surface area (Å²) in [6, 6.07) is 1.31. The first-order valence-corrected chi connectivity index (χ1v) is 4.12. The van der Waals surface area contributed by atoms with Crippen LogP contribution in [0.3, 0.4) is 0 Å². The molecule has 2 heterocycles. The molecule has 15 heavy (non-hydrogen) atoms. The molecular weight excluding hydrogens is 202 g/mol. The Labute approximate surface area is 83.7 Å². The predicted octanol–water partition coefficient (Wildman–Crippen LogP) is 0.531. The van der Waals surface area contributed by atoms with Gasteiger partial charge in [-0.1, -0.05) is 0 Å². The van der Waals surface area contributed by atoms with Gasteiger partial charge in [0.2, 0.25) is 11.8 Å². The molecule has 2 aromatic heterocycles. The van der Waals surface area contributed by atoms with Crippen LogP contribution < -0.4 is 0 Å². The van der Waals surface area contributed by atoms with E-state index in [1.807, 2.05) is 0 Å². The second-order valence-electron chi connectivity index (χ2n) is 2.84. The van der Waals surface area contributed by atoms with Crippen LogP contribution in [-0.4, -0.2) is 24.9 Å². The van der Waals surface area contributed by atoms with E-state index in [4.69, 9.17) is 4.42 Å². The lowest BCUT2D eigenvalue weighted by Crippen LogP contribution is -2.01. The molecule has 0 spiro atoms. The predicted molar refractivity (Wildman–Crippen MR) is 47.0 cm³/mol. The second kappa shape index (κ2) is 3.48. The molecule has 0 fully saturated rings. The van der Waals surface area contributed by atoms with Gasteiger partial charge in [-0.2, -0.15) is 4.68 Å². The quantitative estimate of drug-likeness (QED) is 0.540. The van der Waals surface area contributed by atoms with Crippen LogP contribution in [0, 0.1) is 17.0 Å². The highest BCUT2D eigenvalue weighted by Gasteiger charge is 2.12. The maximum absolute atomic E-state index is 10.3. The lowest BCUT2D eigenvalue weighted by atomic mass is 10.6. The van der Waals surface area contributed by atoms with Gasteiger partial charge in [0, 0.05) is 6.92 Å². The highest BCUT2D eigenvalue weighted by molar-refractivity contribution is 5.14. The van der Waals surface area contributed by atoms with Gasteiger partial charge in [-0.15, -0.1) is 10.2 Å². The van der Waals surface area contributed by atoms with Crippen LogP contribution in [0.5, 0.6) is 0 Å². The largest absolute Gasteiger partial charge is 0.423 e. The Morgan fingerprint density at radius 1 is 1.60 bits per heavy atom. The first-order valence-electron chi connectivity index (χ1n) is 4.12. The maximum atomic E-state index is 10.3. The molecule has 78 valence electrons. The molecule has 0 aliphatic rings. The number of hydrogen-bond donors (Lipinski definition) is 0. The van der Waals surface area contributed by atoms with Crippen LogP contribution >= 0.6 is 0 Å². The number of rotatable bonds is 3. The van der Waals surface area contributed by atoms with Gasteiger partial charge in [-0.3, -0.25) is 0 Å². The number of aromatic nitrogens is 4. The average molecular weight is 209 g/mol. The Morgan fingerprint density at radius 2 is 2.40 bits per heavy atom. The van der Waals surface area contributed by atoms with Crippen molar-refractivity contribution in [2.75, 3.05) is 0 Å². The molecule has 0 amide bonds. The summed E-state index contributed by atoms with van der Waals surface area (Å²) in [5.74, 6) is 0.614. The van der Waals surface area contributed by atoms with E-state index >= 15 is 0 Å². The summed E-state index contributed by atoms with van der Waals surface area (Å²) in [4.78, 5) is 9.79. The van der Waals surface area contributed by atoms with E-state index in [0.717, 1.165) is 0 Å². The molecular formula is C7H7N5O3. The molecule has 0 bridgehead atoms. The van der Waals surface area contributed by atoms with E-state index < -0.39 is 4.92 Å². The van der Waals surface area contributed by atoms with Crippen LogP contribution in [0.15, 0.2) is 16.7 Å². The second-order valence-corrected chi connectivity index (χ2v) is 2.84. The summed E-state index contributed by atoms with van der Waals surface area (Å²) in [5, 5.41) is 21.4. The normalized spacial score (nSPS) is 10.5. The van der Waals surface area contributed by atoms with Crippen LogP contribution in [0.1, 0.15) is 11.8 Å². The summed E-state index contributed by atoms with van der Waals surface area (Å²) >= 11 is 0. The zero-order valence-electron chi connectivity index (χ0n) is 7.82. The van der Waals surface area contributed by atoms with Crippen molar-refractivity contribution in [2.45, 2.75) is 13.5 Å². The van der Waals surface area contributed by atoms with Crippen molar-refractivity contribution in [3.8, 4) is 0 Å². The van der Waals surface area contributed by atoms with Gasteiger partial charge in [-0.05, 0) is 4.92 Å². The van der Waals surface area contributed by atoms with Crippen molar-refractivity contribution < 1.29 is 9.34 Å². The third-order valence-corrected chi connectivity index (χ3v) is 1.68. The van der Waals surface area contributed by atoms with Crippen LogP contribution in [0.25, 0.3) is 0 Å². The Bertz CT molecular complexity index is 488.